The molecule has 1 aliphatic heterocycles. The topological polar surface area (TPSA) is 109 Å². The van der Waals surface area contributed by atoms with E-state index in [2.05, 4.69) is 4.99 Å². The Morgan fingerprint density at radius 2 is 1.83 bits per heavy atom. The van der Waals surface area contributed by atoms with Crippen LogP contribution in [-0.4, -0.2) is 65.3 Å². The van der Waals surface area contributed by atoms with Crippen molar-refractivity contribution in [3.63, 3.8) is 0 Å². The van der Waals surface area contributed by atoms with E-state index < -0.39 is 25.8 Å². The third-order valence-electron chi connectivity index (χ3n) is 2.59. The minimum Gasteiger partial charge on any atom is -0.394 e. The zero-order valence-electron chi connectivity index (χ0n) is 10.5. The second-order valence-electron chi connectivity index (χ2n) is 3.91. The first kappa shape index (κ1) is 15.8. The summed E-state index contributed by atoms with van der Waals surface area (Å²) in [5.74, 6) is 0. The Bertz CT molecular complexity index is 337. The number of aliphatic hydroxyl groups is 3. The molecule has 3 N–H and O–H groups in total. The van der Waals surface area contributed by atoms with E-state index in [1.165, 1.54) is 0 Å². The zero-order chi connectivity index (χ0) is 13.8. The van der Waals surface area contributed by atoms with Gasteiger partial charge in [0.1, 0.15) is 18.2 Å². The summed E-state index contributed by atoms with van der Waals surface area (Å²) in [5.41, 5.74) is 0.145. The van der Waals surface area contributed by atoms with Crippen LogP contribution in [0, 0.1) is 0 Å². The Labute approximate surface area is 106 Å². The molecule has 1 rings (SSSR count). The van der Waals surface area contributed by atoms with E-state index in [1.54, 1.807) is 13.8 Å². The highest BCUT2D eigenvalue weighted by Crippen LogP contribution is 2.48. The first-order chi connectivity index (χ1) is 8.47. The van der Waals surface area contributed by atoms with Gasteiger partial charge in [0.2, 0.25) is 0 Å². The minimum absolute atomic E-state index is 0.145. The summed E-state index contributed by atoms with van der Waals surface area (Å²) < 4.78 is 22.4. The molecule has 0 saturated carbocycles. The Hall–Kier alpha value is -0.300. The maximum absolute atomic E-state index is 12.2. The molecule has 7 nitrogen and oxygen atoms in total. The quantitative estimate of drug-likeness (QED) is 0.557. The molecule has 0 aromatic rings. The monoisotopic (exact) mass is 281 g/mol. The third-order valence-corrected chi connectivity index (χ3v) is 4.60. The predicted molar refractivity (Wildman–Crippen MR) is 66.0 cm³/mol. The van der Waals surface area contributed by atoms with Gasteiger partial charge in [-0.3, -0.25) is 9.56 Å². The molecule has 0 amide bonds. The molecule has 3 unspecified atom stereocenters. The molecular formula is C10H20NO6P. The Kier molecular flexibility index (Phi) is 5.91. The zero-order valence-corrected chi connectivity index (χ0v) is 11.4. The standard InChI is InChI=1S/C10H20NO6P/c1-3-16-18(15,17-4-2)6-8-10(14)9(13)7(5-12)11-8/h7,9-10,12-14H,3-6H2,1-2H3. The molecule has 0 aliphatic carbocycles. The second kappa shape index (κ2) is 6.75. The molecule has 0 saturated heterocycles. The molecule has 18 heavy (non-hydrogen) atoms. The minimum atomic E-state index is -3.35. The van der Waals surface area contributed by atoms with Gasteiger partial charge in [0.15, 0.2) is 0 Å². The van der Waals surface area contributed by atoms with Gasteiger partial charge in [-0.25, -0.2) is 0 Å². The highest BCUT2D eigenvalue weighted by molar-refractivity contribution is 7.54. The van der Waals surface area contributed by atoms with Gasteiger partial charge in [0, 0.05) is 0 Å². The van der Waals surface area contributed by atoms with Gasteiger partial charge in [0.05, 0.1) is 31.7 Å². The number of aliphatic hydroxyl groups excluding tert-OH is 3. The van der Waals surface area contributed by atoms with Gasteiger partial charge in [-0.05, 0) is 13.8 Å². The van der Waals surface area contributed by atoms with Crippen LogP contribution in [0.2, 0.25) is 0 Å². The number of nitrogens with zero attached hydrogens (tertiary/aromatic N) is 1. The van der Waals surface area contributed by atoms with Crippen LogP contribution in [0.3, 0.4) is 0 Å². The molecule has 0 aromatic heterocycles. The number of rotatable bonds is 7. The van der Waals surface area contributed by atoms with Crippen LogP contribution in [0.4, 0.5) is 0 Å². The van der Waals surface area contributed by atoms with Gasteiger partial charge in [-0.1, -0.05) is 0 Å². The molecule has 0 aromatic carbocycles. The molecule has 0 bridgehead atoms. The lowest BCUT2D eigenvalue weighted by molar-refractivity contribution is 0.0404. The van der Waals surface area contributed by atoms with Crippen molar-refractivity contribution in [1.29, 1.82) is 0 Å². The van der Waals surface area contributed by atoms with Crippen LogP contribution in [0.25, 0.3) is 0 Å². The molecule has 1 aliphatic rings. The van der Waals surface area contributed by atoms with Crippen molar-refractivity contribution in [1.82, 2.24) is 0 Å². The van der Waals surface area contributed by atoms with E-state index >= 15 is 0 Å². The van der Waals surface area contributed by atoms with E-state index in [9.17, 15) is 14.8 Å². The van der Waals surface area contributed by atoms with Crippen molar-refractivity contribution in [3.05, 3.63) is 0 Å². The average molecular weight is 281 g/mol. The van der Waals surface area contributed by atoms with Gasteiger partial charge in [-0.2, -0.15) is 0 Å². The molecule has 3 atom stereocenters. The van der Waals surface area contributed by atoms with Crippen molar-refractivity contribution in [2.75, 3.05) is 26.0 Å². The van der Waals surface area contributed by atoms with Crippen LogP contribution in [0.5, 0.6) is 0 Å². The van der Waals surface area contributed by atoms with Crippen LogP contribution in [0.1, 0.15) is 13.8 Å². The van der Waals surface area contributed by atoms with E-state index in [-0.39, 0.29) is 31.7 Å². The van der Waals surface area contributed by atoms with Crippen molar-refractivity contribution < 1.29 is 28.9 Å². The highest BCUT2D eigenvalue weighted by Gasteiger charge is 2.40. The fourth-order valence-corrected chi connectivity index (χ4v) is 3.49. The summed E-state index contributed by atoms with van der Waals surface area (Å²) in [4.78, 5) is 3.95. The predicted octanol–water partition coefficient (Wildman–Crippen LogP) is -0.210. The van der Waals surface area contributed by atoms with Crippen LogP contribution >= 0.6 is 7.60 Å². The van der Waals surface area contributed by atoms with Crippen molar-refractivity contribution in [3.8, 4) is 0 Å². The summed E-state index contributed by atoms with van der Waals surface area (Å²) in [6.45, 7) is 3.42. The van der Waals surface area contributed by atoms with Gasteiger partial charge >= 0.3 is 7.60 Å². The number of hydrogen-bond acceptors (Lipinski definition) is 7. The first-order valence-corrected chi connectivity index (χ1v) is 7.61. The van der Waals surface area contributed by atoms with Crippen LogP contribution in [-0.2, 0) is 13.6 Å². The van der Waals surface area contributed by atoms with E-state index in [0.717, 1.165) is 0 Å². The summed E-state index contributed by atoms with van der Waals surface area (Å²) >= 11 is 0. The lowest BCUT2D eigenvalue weighted by Crippen LogP contribution is -2.36. The lowest BCUT2D eigenvalue weighted by atomic mass is 10.1. The molecule has 0 fully saturated rings. The number of aliphatic imine (C=N–C) groups is 1. The maximum atomic E-state index is 12.2. The van der Waals surface area contributed by atoms with E-state index in [1.807, 2.05) is 0 Å². The summed E-state index contributed by atoms with van der Waals surface area (Å²) in [6, 6.07) is -0.785. The smallest absolute Gasteiger partial charge is 0.336 e. The fraction of sp³-hybridized carbons (Fsp3) is 0.900. The highest BCUT2D eigenvalue weighted by atomic mass is 31.2. The fourth-order valence-electron chi connectivity index (χ4n) is 1.78. The molecule has 8 heteroatoms. The first-order valence-electron chi connectivity index (χ1n) is 5.89. The number of hydrogen-bond donors (Lipinski definition) is 3. The Morgan fingerprint density at radius 3 is 2.22 bits per heavy atom. The molecule has 106 valence electrons. The molecular weight excluding hydrogens is 261 g/mol. The second-order valence-corrected chi connectivity index (χ2v) is 5.96. The molecule has 1 heterocycles. The largest absolute Gasteiger partial charge is 0.394 e. The third kappa shape index (κ3) is 3.60. The molecule has 0 radical (unpaired) electrons. The Balaban J connectivity index is 2.78. The van der Waals surface area contributed by atoms with Crippen LogP contribution < -0.4 is 0 Å². The van der Waals surface area contributed by atoms with Crippen molar-refractivity contribution in [2.24, 2.45) is 4.99 Å². The summed E-state index contributed by atoms with van der Waals surface area (Å²) in [5, 5.41) is 28.3. The van der Waals surface area contributed by atoms with Gasteiger partial charge in [-0.15, -0.1) is 0 Å². The van der Waals surface area contributed by atoms with Gasteiger partial charge in [0.25, 0.3) is 0 Å². The Morgan fingerprint density at radius 1 is 1.28 bits per heavy atom. The van der Waals surface area contributed by atoms with Crippen LogP contribution in [0.15, 0.2) is 4.99 Å². The normalized spacial score (nSPS) is 28.5. The van der Waals surface area contributed by atoms with Gasteiger partial charge < -0.3 is 24.4 Å². The average Bonchev–Trinajstić information content (AvgIpc) is 2.57. The van der Waals surface area contributed by atoms with Crippen molar-refractivity contribution >= 4 is 13.3 Å². The summed E-state index contributed by atoms with van der Waals surface area (Å²) in [6.07, 6.45) is -2.60. The lowest BCUT2D eigenvalue weighted by Gasteiger charge is -2.18. The SMILES string of the molecule is CCOP(=O)(CC1=NC(CO)C(O)C1O)OCC. The summed E-state index contributed by atoms with van der Waals surface area (Å²) in [7, 11) is -3.35. The van der Waals surface area contributed by atoms with E-state index in [0.29, 0.717) is 0 Å². The van der Waals surface area contributed by atoms with E-state index in [4.69, 9.17) is 14.2 Å². The molecule has 0 spiro atoms. The van der Waals surface area contributed by atoms with Crippen molar-refractivity contribution in [2.45, 2.75) is 32.1 Å². The maximum Gasteiger partial charge on any atom is 0.336 e.